The molecule has 0 spiro atoms. The van der Waals surface area contributed by atoms with Gasteiger partial charge in [0.05, 0.1) is 6.54 Å². The number of benzene rings is 3. The fourth-order valence-corrected chi connectivity index (χ4v) is 2.76. The predicted molar refractivity (Wildman–Crippen MR) is 111 cm³/mol. The van der Waals surface area contributed by atoms with E-state index in [0.717, 1.165) is 16.8 Å². The van der Waals surface area contributed by atoms with Crippen LogP contribution in [0, 0.1) is 6.92 Å². The molecule has 138 valence electrons. The minimum atomic E-state index is -0.144. The van der Waals surface area contributed by atoms with Crippen molar-refractivity contribution in [2.75, 3.05) is 17.2 Å². The van der Waals surface area contributed by atoms with Crippen molar-refractivity contribution in [3.05, 3.63) is 88.9 Å². The molecule has 0 aliphatic carbocycles. The van der Waals surface area contributed by atoms with Crippen molar-refractivity contribution < 1.29 is 9.53 Å². The normalized spacial score (nSPS) is 10.3. The Balaban J connectivity index is 1.54. The average molecular weight is 381 g/mol. The molecule has 27 heavy (non-hydrogen) atoms. The van der Waals surface area contributed by atoms with E-state index < -0.39 is 0 Å². The number of halogens is 1. The topological polar surface area (TPSA) is 50.4 Å². The first-order chi connectivity index (χ1) is 13.1. The van der Waals surface area contributed by atoms with E-state index in [9.17, 15) is 4.79 Å². The monoisotopic (exact) mass is 380 g/mol. The lowest BCUT2D eigenvalue weighted by Gasteiger charge is -2.12. The molecular weight excluding hydrogens is 360 g/mol. The highest BCUT2D eigenvalue weighted by molar-refractivity contribution is 6.31. The molecule has 3 aromatic rings. The number of carbonyl (C=O) groups excluding carboxylic acids is 1. The molecule has 3 rings (SSSR count). The molecular formula is C22H21ClN2O2. The average Bonchev–Trinajstić information content (AvgIpc) is 2.69. The van der Waals surface area contributed by atoms with E-state index in [1.165, 1.54) is 0 Å². The molecule has 0 fully saturated rings. The Bertz CT molecular complexity index is 913. The van der Waals surface area contributed by atoms with Gasteiger partial charge in [0.2, 0.25) is 5.91 Å². The molecule has 0 aromatic heterocycles. The predicted octanol–water partition coefficient (Wildman–Crippen LogP) is 5.28. The van der Waals surface area contributed by atoms with E-state index in [-0.39, 0.29) is 12.5 Å². The quantitative estimate of drug-likeness (QED) is 0.586. The minimum absolute atomic E-state index is 0.144. The molecule has 0 saturated heterocycles. The maximum absolute atomic E-state index is 12.2. The zero-order chi connectivity index (χ0) is 19.1. The Morgan fingerprint density at radius 2 is 1.78 bits per heavy atom. The van der Waals surface area contributed by atoms with Crippen molar-refractivity contribution in [2.45, 2.75) is 13.5 Å². The van der Waals surface area contributed by atoms with E-state index in [1.54, 1.807) is 0 Å². The molecule has 1 amide bonds. The highest BCUT2D eigenvalue weighted by Gasteiger charge is 2.06. The van der Waals surface area contributed by atoms with E-state index in [4.69, 9.17) is 16.3 Å². The van der Waals surface area contributed by atoms with Gasteiger partial charge in [-0.2, -0.15) is 0 Å². The van der Waals surface area contributed by atoms with Crippen LogP contribution in [-0.4, -0.2) is 12.5 Å². The van der Waals surface area contributed by atoms with Gasteiger partial charge in [-0.25, -0.2) is 0 Å². The summed E-state index contributed by atoms with van der Waals surface area (Å²) in [5.74, 6) is 0.560. The first kappa shape index (κ1) is 18.8. The minimum Gasteiger partial charge on any atom is -0.489 e. The maximum Gasteiger partial charge on any atom is 0.243 e. The third-order valence-electron chi connectivity index (χ3n) is 4.07. The summed E-state index contributed by atoms with van der Waals surface area (Å²) in [7, 11) is 0. The first-order valence-electron chi connectivity index (χ1n) is 8.67. The summed E-state index contributed by atoms with van der Waals surface area (Å²) < 4.78 is 5.79. The van der Waals surface area contributed by atoms with E-state index in [2.05, 4.69) is 10.6 Å². The van der Waals surface area contributed by atoms with Gasteiger partial charge in [0, 0.05) is 22.5 Å². The van der Waals surface area contributed by atoms with Crippen LogP contribution in [0.25, 0.3) is 0 Å². The molecule has 0 aliphatic rings. The molecule has 0 aliphatic heterocycles. The number of ether oxygens (including phenoxy) is 1. The van der Waals surface area contributed by atoms with Crippen LogP contribution in [0.3, 0.4) is 0 Å². The standard InChI is InChI=1S/C22H21ClN2O2/c1-16-20(23)11-6-12-21(16)24-14-22(26)25-18-9-5-10-19(13-18)27-15-17-7-3-2-4-8-17/h2-13,24H,14-15H2,1H3,(H,25,26). The number of anilines is 2. The second kappa shape index (κ2) is 9.10. The molecule has 4 nitrogen and oxygen atoms in total. The molecule has 0 atom stereocenters. The van der Waals surface area contributed by atoms with Gasteiger partial charge in [-0.1, -0.05) is 54.1 Å². The van der Waals surface area contributed by atoms with Crippen LogP contribution in [0.1, 0.15) is 11.1 Å². The largest absolute Gasteiger partial charge is 0.489 e. The summed E-state index contributed by atoms with van der Waals surface area (Å²) in [6.07, 6.45) is 0. The second-order valence-corrected chi connectivity index (χ2v) is 6.52. The Labute approximate surface area is 164 Å². The molecule has 5 heteroatoms. The highest BCUT2D eigenvalue weighted by Crippen LogP contribution is 2.23. The van der Waals surface area contributed by atoms with Gasteiger partial charge < -0.3 is 15.4 Å². The van der Waals surface area contributed by atoms with Crippen molar-refractivity contribution in [2.24, 2.45) is 0 Å². The Morgan fingerprint density at radius 1 is 1.00 bits per heavy atom. The summed E-state index contributed by atoms with van der Waals surface area (Å²) in [5.41, 5.74) is 3.55. The smallest absolute Gasteiger partial charge is 0.243 e. The van der Waals surface area contributed by atoms with Gasteiger partial charge >= 0.3 is 0 Å². The third kappa shape index (κ3) is 5.50. The van der Waals surface area contributed by atoms with Crippen molar-refractivity contribution in [1.29, 1.82) is 0 Å². The molecule has 3 aromatic carbocycles. The van der Waals surface area contributed by atoms with Crippen LogP contribution in [0.15, 0.2) is 72.8 Å². The highest BCUT2D eigenvalue weighted by atomic mass is 35.5. The number of carbonyl (C=O) groups is 1. The molecule has 0 bridgehead atoms. The van der Waals surface area contributed by atoms with Crippen molar-refractivity contribution in [3.8, 4) is 5.75 Å². The van der Waals surface area contributed by atoms with Crippen LogP contribution < -0.4 is 15.4 Å². The lowest BCUT2D eigenvalue weighted by Crippen LogP contribution is -2.22. The summed E-state index contributed by atoms with van der Waals surface area (Å²) in [5, 5.41) is 6.65. The molecule has 0 heterocycles. The van der Waals surface area contributed by atoms with Crippen molar-refractivity contribution in [3.63, 3.8) is 0 Å². The molecule has 2 N–H and O–H groups in total. The summed E-state index contributed by atoms with van der Waals surface area (Å²) in [6.45, 7) is 2.54. The summed E-state index contributed by atoms with van der Waals surface area (Å²) >= 11 is 6.10. The van der Waals surface area contributed by atoms with Gasteiger partial charge in [-0.15, -0.1) is 0 Å². The molecule has 0 radical (unpaired) electrons. The van der Waals surface area contributed by atoms with Crippen molar-refractivity contribution >= 4 is 28.9 Å². The third-order valence-corrected chi connectivity index (χ3v) is 4.48. The van der Waals surface area contributed by atoms with Gasteiger partial charge in [-0.05, 0) is 42.3 Å². The van der Waals surface area contributed by atoms with Crippen LogP contribution >= 0.6 is 11.6 Å². The van der Waals surface area contributed by atoms with Gasteiger partial charge in [0.25, 0.3) is 0 Å². The van der Waals surface area contributed by atoms with Crippen molar-refractivity contribution in [1.82, 2.24) is 0 Å². The SMILES string of the molecule is Cc1c(Cl)cccc1NCC(=O)Nc1cccc(OCc2ccccc2)c1. The zero-order valence-electron chi connectivity index (χ0n) is 15.0. The number of amides is 1. The lowest BCUT2D eigenvalue weighted by atomic mass is 10.2. The Morgan fingerprint density at radius 3 is 2.59 bits per heavy atom. The van der Waals surface area contributed by atoms with Gasteiger partial charge in [-0.3, -0.25) is 4.79 Å². The number of hydrogen-bond donors (Lipinski definition) is 2. The van der Waals surface area contributed by atoms with E-state index >= 15 is 0 Å². The van der Waals surface area contributed by atoms with Gasteiger partial charge in [0.1, 0.15) is 12.4 Å². The van der Waals surface area contributed by atoms with Crippen LogP contribution in [0.4, 0.5) is 11.4 Å². The fraction of sp³-hybridized carbons (Fsp3) is 0.136. The van der Waals surface area contributed by atoms with Crippen LogP contribution in [-0.2, 0) is 11.4 Å². The maximum atomic E-state index is 12.2. The number of nitrogens with one attached hydrogen (secondary N) is 2. The number of rotatable bonds is 7. The summed E-state index contributed by atoms with van der Waals surface area (Å²) in [4.78, 5) is 12.2. The molecule has 0 saturated carbocycles. The first-order valence-corrected chi connectivity index (χ1v) is 9.05. The summed E-state index contributed by atoms with van der Waals surface area (Å²) in [6, 6.07) is 22.9. The molecule has 0 unspecified atom stereocenters. The lowest BCUT2D eigenvalue weighted by molar-refractivity contribution is -0.114. The zero-order valence-corrected chi connectivity index (χ0v) is 15.8. The fourth-order valence-electron chi connectivity index (χ4n) is 2.58. The van der Waals surface area contributed by atoms with E-state index in [0.29, 0.717) is 23.1 Å². The number of hydrogen-bond acceptors (Lipinski definition) is 3. The van der Waals surface area contributed by atoms with E-state index in [1.807, 2.05) is 79.7 Å². The Kier molecular flexibility index (Phi) is 6.34. The second-order valence-electron chi connectivity index (χ2n) is 6.12. The van der Waals surface area contributed by atoms with Crippen LogP contribution in [0.5, 0.6) is 5.75 Å². The van der Waals surface area contributed by atoms with Crippen LogP contribution in [0.2, 0.25) is 5.02 Å². The Hall–Kier alpha value is -2.98. The van der Waals surface area contributed by atoms with Gasteiger partial charge in [0.15, 0.2) is 0 Å².